The first-order chi connectivity index (χ1) is 7.16. The zero-order valence-corrected chi connectivity index (χ0v) is 9.36. The smallest absolute Gasteiger partial charge is 0.150 e. The molecule has 1 saturated carbocycles. The molecule has 15 heavy (non-hydrogen) atoms. The molecule has 0 heterocycles. The summed E-state index contributed by atoms with van der Waals surface area (Å²) >= 11 is 0. The van der Waals surface area contributed by atoms with Crippen molar-refractivity contribution in [3.05, 3.63) is 35.4 Å². The van der Waals surface area contributed by atoms with E-state index in [0.29, 0.717) is 5.41 Å². The topological polar surface area (TPSA) is 20.3 Å². The molecule has 2 heteroatoms. The van der Waals surface area contributed by atoms with E-state index in [9.17, 15) is 4.79 Å². The Morgan fingerprint density at radius 3 is 2.67 bits per heavy atom. The van der Waals surface area contributed by atoms with E-state index in [0.717, 1.165) is 18.4 Å². The third kappa shape index (κ3) is 2.10. The molecule has 0 saturated heterocycles. The van der Waals surface area contributed by atoms with E-state index in [1.54, 1.807) is 0 Å². The van der Waals surface area contributed by atoms with E-state index in [2.05, 4.69) is 25.1 Å². The highest BCUT2D eigenvalue weighted by atomic mass is 16.1. The third-order valence-electron chi connectivity index (χ3n) is 3.11. The van der Waals surface area contributed by atoms with Crippen LogP contribution in [0.15, 0.2) is 24.3 Å². The van der Waals surface area contributed by atoms with Gasteiger partial charge >= 0.3 is 0 Å². The summed E-state index contributed by atoms with van der Waals surface area (Å²) < 4.78 is 0. The molecule has 1 aliphatic rings. The summed E-state index contributed by atoms with van der Waals surface area (Å²) in [5, 5.41) is 0. The Labute approximate surface area is 90.9 Å². The highest BCUT2D eigenvalue weighted by Crippen LogP contribution is 2.48. The Hall–Kier alpha value is -1.15. The van der Waals surface area contributed by atoms with Crippen LogP contribution in [0.3, 0.4) is 0 Å². The van der Waals surface area contributed by atoms with Crippen molar-refractivity contribution in [3.63, 3.8) is 0 Å². The molecule has 1 aromatic carbocycles. The molecule has 0 aliphatic heterocycles. The van der Waals surface area contributed by atoms with Gasteiger partial charge in [0, 0.05) is 17.5 Å². The average Bonchev–Trinajstić information content (AvgIpc) is 2.98. The number of aldehydes is 1. The van der Waals surface area contributed by atoms with E-state index in [-0.39, 0.29) is 0 Å². The zero-order chi connectivity index (χ0) is 10.9. The number of rotatable bonds is 4. The minimum atomic E-state index is 0.322. The second kappa shape index (κ2) is 3.78. The van der Waals surface area contributed by atoms with Crippen LogP contribution in [0.25, 0.3) is 0 Å². The van der Waals surface area contributed by atoms with Crippen molar-refractivity contribution in [1.82, 2.24) is 4.90 Å². The van der Waals surface area contributed by atoms with Crippen molar-refractivity contribution in [2.45, 2.75) is 18.3 Å². The van der Waals surface area contributed by atoms with Gasteiger partial charge in [0.1, 0.15) is 6.29 Å². The molecular formula is C13H17NO. The Morgan fingerprint density at radius 2 is 2.13 bits per heavy atom. The fourth-order valence-corrected chi connectivity index (χ4v) is 2.24. The van der Waals surface area contributed by atoms with Gasteiger partial charge in [-0.25, -0.2) is 0 Å². The molecule has 0 N–H and O–H groups in total. The molecule has 1 fully saturated rings. The summed E-state index contributed by atoms with van der Waals surface area (Å²) in [5.74, 6) is 0. The molecule has 0 spiro atoms. The third-order valence-corrected chi connectivity index (χ3v) is 3.11. The molecule has 0 unspecified atom stereocenters. The van der Waals surface area contributed by atoms with Crippen molar-refractivity contribution >= 4 is 6.29 Å². The second-order valence-corrected chi connectivity index (χ2v) is 4.76. The Balaban J connectivity index is 2.25. The van der Waals surface area contributed by atoms with Crippen molar-refractivity contribution in [3.8, 4) is 0 Å². The van der Waals surface area contributed by atoms with Crippen molar-refractivity contribution in [2.24, 2.45) is 0 Å². The van der Waals surface area contributed by atoms with Crippen LogP contribution < -0.4 is 0 Å². The van der Waals surface area contributed by atoms with Crippen molar-refractivity contribution in [2.75, 3.05) is 20.6 Å². The van der Waals surface area contributed by atoms with Crippen LogP contribution >= 0.6 is 0 Å². The number of carbonyl (C=O) groups is 1. The van der Waals surface area contributed by atoms with Gasteiger partial charge in [-0.3, -0.25) is 4.79 Å². The zero-order valence-electron chi connectivity index (χ0n) is 9.36. The van der Waals surface area contributed by atoms with E-state index >= 15 is 0 Å². The fourth-order valence-electron chi connectivity index (χ4n) is 2.24. The predicted octanol–water partition coefficient (Wildman–Crippen LogP) is 2.09. The van der Waals surface area contributed by atoms with Gasteiger partial charge in [0.2, 0.25) is 0 Å². The van der Waals surface area contributed by atoms with Gasteiger partial charge < -0.3 is 4.90 Å². The summed E-state index contributed by atoms with van der Waals surface area (Å²) in [6, 6.07) is 8.02. The normalized spacial score (nSPS) is 17.8. The summed E-state index contributed by atoms with van der Waals surface area (Å²) in [7, 11) is 4.20. The molecule has 2 nitrogen and oxygen atoms in total. The van der Waals surface area contributed by atoms with Crippen LogP contribution in [0, 0.1) is 0 Å². The predicted molar refractivity (Wildman–Crippen MR) is 61.3 cm³/mol. The number of likely N-dealkylation sites (N-methyl/N-ethyl adjacent to an activating group) is 1. The lowest BCUT2D eigenvalue weighted by atomic mass is 9.94. The maximum absolute atomic E-state index is 10.7. The van der Waals surface area contributed by atoms with Gasteiger partial charge in [-0.2, -0.15) is 0 Å². The minimum Gasteiger partial charge on any atom is -0.309 e. The molecule has 80 valence electrons. The molecule has 0 aromatic heterocycles. The van der Waals surface area contributed by atoms with Crippen LogP contribution in [0.2, 0.25) is 0 Å². The summed E-state index contributed by atoms with van der Waals surface area (Å²) in [4.78, 5) is 12.9. The number of hydrogen-bond donors (Lipinski definition) is 0. The molecule has 0 amide bonds. The molecule has 0 atom stereocenters. The van der Waals surface area contributed by atoms with E-state index < -0.39 is 0 Å². The molecule has 0 bridgehead atoms. The Bertz CT molecular complexity index is 367. The number of nitrogens with zero attached hydrogens (tertiary/aromatic N) is 1. The summed E-state index contributed by atoms with van der Waals surface area (Å²) in [6.45, 7) is 1.08. The van der Waals surface area contributed by atoms with E-state index in [1.165, 1.54) is 18.4 Å². The first-order valence-electron chi connectivity index (χ1n) is 5.37. The minimum absolute atomic E-state index is 0.322. The fraction of sp³-hybridized carbons (Fsp3) is 0.462. The monoisotopic (exact) mass is 203 g/mol. The number of carbonyl (C=O) groups excluding carboxylic acids is 1. The standard InChI is InChI=1S/C13H17NO/c1-14(2)10-13(6-7-13)12-5-3-4-11(8-12)9-15/h3-5,8-9H,6-7,10H2,1-2H3. The largest absolute Gasteiger partial charge is 0.309 e. The maximum Gasteiger partial charge on any atom is 0.150 e. The van der Waals surface area contributed by atoms with Crippen LogP contribution in [0.4, 0.5) is 0 Å². The SMILES string of the molecule is CN(C)CC1(c2cccc(C=O)c2)CC1. The van der Waals surface area contributed by atoms with Gasteiger partial charge in [0.05, 0.1) is 0 Å². The maximum atomic E-state index is 10.7. The molecule has 1 aromatic rings. The van der Waals surface area contributed by atoms with Gasteiger partial charge in [-0.1, -0.05) is 18.2 Å². The summed E-state index contributed by atoms with van der Waals surface area (Å²) in [5.41, 5.74) is 2.43. The molecule has 2 rings (SSSR count). The summed E-state index contributed by atoms with van der Waals surface area (Å²) in [6.07, 6.45) is 3.41. The van der Waals surface area contributed by atoms with Crippen LogP contribution in [-0.2, 0) is 5.41 Å². The lowest BCUT2D eigenvalue weighted by Crippen LogP contribution is -2.25. The van der Waals surface area contributed by atoms with E-state index in [1.807, 2.05) is 18.2 Å². The Kier molecular flexibility index (Phi) is 2.61. The number of hydrogen-bond acceptors (Lipinski definition) is 2. The van der Waals surface area contributed by atoms with Crippen LogP contribution in [-0.4, -0.2) is 31.8 Å². The first kappa shape index (κ1) is 10.4. The van der Waals surface area contributed by atoms with Crippen molar-refractivity contribution in [1.29, 1.82) is 0 Å². The van der Waals surface area contributed by atoms with Crippen molar-refractivity contribution < 1.29 is 4.79 Å². The number of benzene rings is 1. The molecule has 0 radical (unpaired) electrons. The highest BCUT2D eigenvalue weighted by molar-refractivity contribution is 5.75. The van der Waals surface area contributed by atoms with Crippen LogP contribution in [0.5, 0.6) is 0 Å². The highest BCUT2D eigenvalue weighted by Gasteiger charge is 2.44. The van der Waals surface area contributed by atoms with Gasteiger partial charge in [-0.15, -0.1) is 0 Å². The van der Waals surface area contributed by atoms with E-state index in [4.69, 9.17) is 0 Å². The lowest BCUT2D eigenvalue weighted by Gasteiger charge is -2.20. The molecule has 1 aliphatic carbocycles. The second-order valence-electron chi connectivity index (χ2n) is 4.76. The Morgan fingerprint density at radius 1 is 1.40 bits per heavy atom. The van der Waals surface area contributed by atoms with Gasteiger partial charge in [0.25, 0.3) is 0 Å². The quantitative estimate of drug-likeness (QED) is 0.698. The molecular weight excluding hydrogens is 186 g/mol. The van der Waals surface area contributed by atoms with Crippen LogP contribution in [0.1, 0.15) is 28.8 Å². The average molecular weight is 203 g/mol. The lowest BCUT2D eigenvalue weighted by molar-refractivity contribution is 0.112. The first-order valence-corrected chi connectivity index (χ1v) is 5.37. The van der Waals surface area contributed by atoms with Gasteiger partial charge in [0.15, 0.2) is 0 Å². The van der Waals surface area contributed by atoms with Gasteiger partial charge in [-0.05, 0) is 38.6 Å².